The largest absolute Gasteiger partial charge is 0.341 e. The van der Waals surface area contributed by atoms with Gasteiger partial charge in [-0.25, -0.2) is 21.5 Å². The molecule has 0 spiro atoms. The molecule has 2 heterocycles. The lowest BCUT2D eigenvalue weighted by Gasteiger charge is -2.15. The molecule has 1 N–H and O–H groups in total. The van der Waals surface area contributed by atoms with Crippen LogP contribution in [0.5, 0.6) is 0 Å². The molecule has 1 aromatic heterocycles. The van der Waals surface area contributed by atoms with Gasteiger partial charge in [-0.3, -0.25) is 4.79 Å². The number of nitrogens with one attached hydrogen (secondary N) is 1. The summed E-state index contributed by atoms with van der Waals surface area (Å²) < 4.78 is 76.1. The van der Waals surface area contributed by atoms with Gasteiger partial charge in [0, 0.05) is 5.56 Å². The minimum atomic E-state index is -5.05. The summed E-state index contributed by atoms with van der Waals surface area (Å²) in [7, 11) is -8.51. The van der Waals surface area contributed by atoms with Gasteiger partial charge in [0.1, 0.15) is 5.82 Å². The lowest BCUT2D eigenvalue weighted by molar-refractivity contribution is 0.102. The van der Waals surface area contributed by atoms with Crippen LogP contribution in [0.3, 0.4) is 0 Å². The molecular formula is C21H19F2N3O5S2. The Labute approximate surface area is 189 Å². The Hall–Kier alpha value is -3.12. The number of aromatic nitrogens is 2. The summed E-state index contributed by atoms with van der Waals surface area (Å²) in [6.07, 6.45) is 0. The van der Waals surface area contributed by atoms with Crippen LogP contribution in [0.15, 0.2) is 47.4 Å². The molecule has 0 saturated carbocycles. The maximum atomic E-state index is 13.1. The number of anilines is 1. The number of hydrogen-bond acceptors (Lipinski definition) is 6. The summed E-state index contributed by atoms with van der Waals surface area (Å²) in [6, 6.07) is 10.1. The van der Waals surface area contributed by atoms with Crippen LogP contribution in [-0.2, 0) is 31.2 Å². The lowest BCUT2D eigenvalue weighted by atomic mass is 10.1. The van der Waals surface area contributed by atoms with Crippen LogP contribution in [-0.4, -0.2) is 38.3 Å². The highest BCUT2D eigenvalue weighted by Gasteiger charge is 2.35. The zero-order valence-electron chi connectivity index (χ0n) is 17.5. The second kappa shape index (κ2) is 8.03. The Morgan fingerprint density at radius 3 is 2.48 bits per heavy atom. The van der Waals surface area contributed by atoms with Crippen LogP contribution in [0.1, 0.15) is 32.7 Å². The highest BCUT2D eigenvalue weighted by Crippen LogP contribution is 2.34. The Morgan fingerprint density at radius 1 is 1.12 bits per heavy atom. The van der Waals surface area contributed by atoms with Crippen molar-refractivity contribution in [2.75, 3.05) is 5.32 Å². The van der Waals surface area contributed by atoms with E-state index >= 15 is 0 Å². The first-order chi connectivity index (χ1) is 15.4. The number of hydrogen-bond donors (Lipinski definition) is 1. The molecular weight excluding hydrogens is 476 g/mol. The summed E-state index contributed by atoms with van der Waals surface area (Å²) in [6.45, 7) is 3.72. The molecule has 0 aliphatic carbocycles. The smallest absolute Gasteiger partial charge is 0.306 e. The van der Waals surface area contributed by atoms with E-state index in [9.17, 15) is 30.4 Å². The number of fused-ring (bicyclic) bond motifs is 1. The molecule has 1 aliphatic rings. The van der Waals surface area contributed by atoms with Gasteiger partial charge in [0.05, 0.1) is 33.3 Å². The Bertz CT molecular complexity index is 1500. The number of carbonyl (C=O) groups is 1. The Morgan fingerprint density at radius 2 is 1.82 bits per heavy atom. The van der Waals surface area contributed by atoms with Crippen LogP contribution in [0.25, 0.3) is 5.69 Å². The number of aryl methyl sites for hydroxylation is 2. The maximum Gasteiger partial charge on any atom is 0.341 e. The van der Waals surface area contributed by atoms with Crippen molar-refractivity contribution in [2.24, 2.45) is 0 Å². The summed E-state index contributed by atoms with van der Waals surface area (Å²) in [5.74, 6) is -5.30. The highest BCUT2D eigenvalue weighted by atomic mass is 32.2. The normalized spacial score (nSPS) is 14.9. The number of nitrogens with zero attached hydrogens (tertiary/aromatic N) is 2. The predicted molar refractivity (Wildman–Crippen MR) is 117 cm³/mol. The number of halogens is 2. The monoisotopic (exact) mass is 495 g/mol. The highest BCUT2D eigenvalue weighted by molar-refractivity contribution is 7.91. The molecule has 0 fully saturated rings. The number of amides is 1. The number of alkyl halides is 2. The van der Waals surface area contributed by atoms with Crippen molar-refractivity contribution in [1.82, 2.24) is 9.78 Å². The summed E-state index contributed by atoms with van der Waals surface area (Å²) in [4.78, 5) is 12.3. The van der Waals surface area contributed by atoms with Crippen molar-refractivity contribution in [3.8, 4) is 5.69 Å². The van der Waals surface area contributed by atoms with Crippen LogP contribution < -0.4 is 5.32 Å². The summed E-state index contributed by atoms with van der Waals surface area (Å²) in [5.41, 5.74) is 2.42. The quantitative estimate of drug-likeness (QED) is 0.581. The van der Waals surface area contributed by atoms with E-state index in [1.54, 1.807) is 6.07 Å². The van der Waals surface area contributed by atoms with Crippen molar-refractivity contribution in [3.63, 3.8) is 0 Å². The molecule has 0 saturated heterocycles. The molecule has 12 heteroatoms. The third-order valence-electron chi connectivity index (χ3n) is 5.27. The number of sulfone groups is 2. The van der Waals surface area contributed by atoms with E-state index in [-0.39, 0.29) is 28.6 Å². The van der Waals surface area contributed by atoms with Gasteiger partial charge >= 0.3 is 5.76 Å². The van der Waals surface area contributed by atoms with Gasteiger partial charge < -0.3 is 5.32 Å². The van der Waals surface area contributed by atoms with E-state index in [2.05, 4.69) is 10.4 Å². The van der Waals surface area contributed by atoms with Crippen LogP contribution in [0.4, 0.5) is 14.6 Å². The first-order valence-corrected chi connectivity index (χ1v) is 13.1. The minimum Gasteiger partial charge on any atom is -0.306 e. The van der Waals surface area contributed by atoms with Gasteiger partial charge in [-0.15, -0.1) is 0 Å². The van der Waals surface area contributed by atoms with Gasteiger partial charge in [0.2, 0.25) is 9.84 Å². The maximum absolute atomic E-state index is 13.1. The molecule has 33 heavy (non-hydrogen) atoms. The fraction of sp³-hybridized carbons (Fsp3) is 0.238. The molecule has 3 aromatic rings. The molecule has 0 atom stereocenters. The first-order valence-electron chi connectivity index (χ1n) is 9.72. The molecule has 0 unspecified atom stereocenters. The predicted octanol–water partition coefficient (Wildman–Crippen LogP) is 3.17. The second-order valence-electron chi connectivity index (χ2n) is 7.76. The molecule has 2 aromatic carbocycles. The van der Waals surface area contributed by atoms with Crippen molar-refractivity contribution >= 4 is 31.4 Å². The fourth-order valence-corrected chi connectivity index (χ4v) is 6.18. The van der Waals surface area contributed by atoms with E-state index in [1.807, 2.05) is 26.0 Å². The van der Waals surface area contributed by atoms with E-state index in [1.165, 1.54) is 16.8 Å². The third kappa shape index (κ3) is 4.15. The van der Waals surface area contributed by atoms with Crippen molar-refractivity contribution in [2.45, 2.75) is 36.0 Å². The number of carbonyl (C=O) groups excluding carboxylic acids is 1. The molecule has 1 aliphatic heterocycles. The van der Waals surface area contributed by atoms with Gasteiger partial charge in [-0.1, -0.05) is 29.8 Å². The van der Waals surface area contributed by atoms with Crippen molar-refractivity contribution in [1.29, 1.82) is 0 Å². The van der Waals surface area contributed by atoms with Gasteiger partial charge in [0.25, 0.3) is 5.91 Å². The Balaban J connectivity index is 1.84. The Kier molecular flexibility index (Phi) is 5.61. The van der Waals surface area contributed by atoms with E-state index < -0.39 is 41.8 Å². The zero-order valence-corrected chi connectivity index (χ0v) is 19.2. The van der Waals surface area contributed by atoms with Crippen LogP contribution in [0, 0.1) is 13.8 Å². The van der Waals surface area contributed by atoms with Crippen LogP contribution >= 0.6 is 0 Å². The minimum absolute atomic E-state index is 0.0484. The first kappa shape index (κ1) is 23.1. The van der Waals surface area contributed by atoms with Crippen LogP contribution in [0.2, 0.25) is 0 Å². The average Bonchev–Trinajstić information content (AvgIpc) is 3.20. The number of rotatable bonds is 5. The molecule has 0 bridgehead atoms. The SMILES string of the molecule is Cc1ccc(-n2nc3c(c2NC(=O)c2ccccc2S(=O)(=O)C(F)F)CS(=O)(=O)C3)c(C)c1. The third-order valence-corrected chi connectivity index (χ3v) is 8.15. The van der Waals surface area contributed by atoms with Crippen molar-refractivity contribution < 1.29 is 30.4 Å². The molecule has 174 valence electrons. The molecule has 4 rings (SSSR count). The van der Waals surface area contributed by atoms with E-state index in [4.69, 9.17) is 0 Å². The number of benzene rings is 2. The fourth-order valence-electron chi connectivity index (χ4n) is 3.76. The molecule has 0 radical (unpaired) electrons. The lowest BCUT2D eigenvalue weighted by Crippen LogP contribution is -2.21. The molecule has 1 amide bonds. The van der Waals surface area contributed by atoms with Gasteiger partial charge in [-0.2, -0.15) is 13.9 Å². The average molecular weight is 496 g/mol. The standard InChI is InChI=1S/C21H19F2N3O5S2/c1-12-7-8-17(13(2)9-12)26-19(15-10-32(28,29)11-16(15)25-26)24-20(27)14-5-3-4-6-18(14)33(30,31)21(22)23/h3-9,21H,10-11H2,1-2H3,(H,24,27). The van der Waals surface area contributed by atoms with E-state index in [0.717, 1.165) is 23.3 Å². The zero-order chi connectivity index (χ0) is 24.1. The van der Waals surface area contributed by atoms with Gasteiger partial charge in [0.15, 0.2) is 9.84 Å². The van der Waals surface area contributed by atoms with Crippen molar-refractivity contribution in [3.05, 3.63) is 70.4 Å². The van der Waals surface area contributed by atoms with Gasteiger partial charge in [-0.05, 0) is 37.6 Å². The van der Waals surface area contributed by atoms with E-state index in [0.29, 0.717) is 5.69 Å². The second-order valence-corrected chi connectivity index (χ2v) is 11.7. The summed E-state index contributed by atoms with van der Waals surface area (Å²) in [5, 5.41) is 6.90. The molecule has 8 nitrogen and oxygen atoms in total. The summed E-state index contributed by atoms with van der Waals surface area (Å²) >= 11 is 0. The topological polar surface area (TPSA) is 115 Å².